The van der Waals surface area contributed by atoms with E-state index in [-0.39, 0.29) is 23.8 Å². The van der Waals surface area contributed by atoms with Crippen LogP contribution in [0.1, 0.15) is 22.9 Å². The number of carbonyl (C=O) groups excluding carboxylic acids is 1. The molecule has 0 saturated carbocycles. The lowest BCUT2D eigenvalue weighted by molar-refractivity contribution is -0.115. The van der Waals surface area contributed by atoms with Gasteiger partial charge in [0.25, 0.3) is 0 Å². The average molecular weight is 476 g/mol. The summed E-state index contributed by atoms with van der Waals surface area (Å²) in [6.45, 7) is 0. The van der Waals surface area contributed by atoms with E-state index in [1.807, 2.05) is 97.1 Å². The Balaban J connectivity index is 1.45. The molecule has 6 heteroatoms. The fourth-order valence-corrected chi connectivity index (χ4v) is 4.09. The molecule has 1 heterocycles. The van der Waals surface area contributed by atoms with Crippen LogP contribution in [0.4, 0.5) is 5.82 Å². The number of ether oxygens (including phenoxy) is 1. The first kappa shape index (κ1) is 23.2. The highest BCUT2D eigenvalue weighted by Crippen LogP contribution is 2.29. The number of anilines is 1. The van der Waals surface area contributed by atoms with Crippen LogP contribution in [0.25, 0.3) is 22.0 Å². The zero-order chi connectivity index (χ0) is 24.9. The summed E-state index contributed by atoms with van der Waals surface area (Å²) in [5, 5.41) is 16.2. The van der Waals surface area contributed by atoms with Gasteiger partial charge in [0, 0.05) is 5.56 Å². The Morgan fingerprint density at radius 3 is 2.39 bits per heavy atom. The second kappa shape index (κ2) is 10.4. The van der Waals surface area contributed by atoms with Crippen molar-refractivity contribution in [3.8, 4) is 17.0 Å². The fourth-order valence-electron chi connectivity index (χ4n) is 4.09. The van der Waals surface area contributed by atoms with Gasteiger partial charge >= 0.3 is 0 Å². The van der Waals surface area contributed by atoms with Crippen LogP contribution in [0.3, 0.4) is 0 Å². The summed E-state index contributed by atoms with van der Waals surface area (Å²) in [4.78, 5) is 22.2. The zero-order valence-electron chi connectivity index (χ0n) is 19.8. The van der Waals surface area contributed by atoms with Gasteiger partial charge in [-0.05, 0) is 46.2 Å². The van der Waals surface area contributed by atoms with Gasteiger partial charge in [-0.15, -0.1) is 0 Å². The molecule has 0 aliphatic carbocycles. The van der Waals surface area contributed by atoms with Gasteiger partial charge in [-0.25, -0.2) is 9.97 Å². The van der Waals surface area contributed by atoms with Crippen LogP contribution in [0.15, 0.2) is 103 Å². The standard InChI is InChI=1S/C30H25N3O3/c1-36-25-15-13-22(14-16-25)26-19-31-30(28(32-26)29(35)23-8-3-2-4-9-23)33-27(34)18-20-11-12-21-7-5-6-10-24(21)17-20/h2-17,19,29,35H,18H2,1H3,(H,31,33,34). The molecule has 0 aliphatic heterocycles. The summed E-state index contributed by atoms with van der Waals surface area (Å²) in [5.74, 6) is 0.724. The molecule has 0 aliphatic rings. The fraction of sp³-hybridized carbons (Fsp3) is 0.100. The Bertz CT molecular complexity index is 1500. The molecule has 0 saturated heterocycles. The second-order valence-electron chi connectivity index (χ2n) is 8.44. The van der Waals surface area contributed by atoms with Crippen LogP contribution in [-0.4, -0.2) is 28.1 Å². The Morgan fingerprint density at radius 2 is 1.64 bits per heavy atom. The lowest BCUT2D eigenvalue weighted by Gasteiger charge is -2.16. The first-order chi connectivity index (χ1) is 17.6. The molecule has 0 spiro atoms. The molecule has 178 valence electrons. The van der Waals surface area contributed by atoms with Crippen LogP contribution in [0.5, 0.6) is 5.75 Å². The number of amides is 1. The van der Waals surface area contributed by atoms with E-state index >= 15 is 0 Å². The molecule has 0 bridgehead atoms. The largest absolute Gasteiger partial charge is 0.497 e. The third-order valence-electron chi connectivity index (χ3n) is 6.00. The van der Waals surface area contributed by atoms with E-state index in [4.69, 9.17) is 9.72 Å². The minimum absolute atomic E-state index is 0.174. The number of rotatable bonds is 7. The first-order valence-electron chi connectivity index (χ1n) is 11.6. The first-order valence-corrected chi connectivity index (χ1v) is 11.6. The minimum atomic E-state index is -1.06. The summed E-state index contributed by atoms with van der Waals surface area (Å²) in [7, 11) is 1.61. The number of aromatic nitrogens is 2. The number of aliphatic hydroxyl groups excluding tert-OH is 1. The summed E-state index contributed by atoms with van der Waals surface area (Å²) < 4.78 is 5.24. The molecule has 5 rings (SSSR count). The summed E-state index contributed by atoms with van der Waals surface area (Å²) in [6, 6.07) is 30.6. The molecule has 1 unspecified atom stereocenters. The van der Waals surface area contributed by atoms with E-state index in [9.17, 15) is 9.90 Å². The van der Waals surface area contributed by atoms with Crippen molar-refractivity contribution in [2.75, 3.05) is 12.4 Å². The number of benzene rings is 4. The predicted octanol–water partition coefficient (Wildman–Crippen LogP) is 5.57. The van der Waals surface area contributed by atoms with Crippen molar-refractivity contribution < 1.29 is 14.6 Å². The maximum atomic E-state index is 13.0. The van der Waals surface area contributed by atoms with Gasteiger partial charge in [0.1, 0.15) is 17.5 Å². The van der Waals surface area contributed by atoms with Gasteiger partial charge in [-0.1, -0.05) is 72.8 Å². The number of hydrogen-bond acceptors (Lipinski definition) is 5. The van der Waals surface area contributed by atoms with E-state index in [0.717, 1.165) is 27.6 Å². The Labute approximate surface area is 209 Å². The van der Waals surface area contributed by atoms with Crippen molar-refractivity contribution in [3.05, 3.63) is 120 Å². The Hall–Kier alpha value is -4.55. The Morgan fingerprint density at radius 1 is 0.917 bits per heavy atom. The highest BCUT2D eigenvalue weighted by Gasteiger charge is 2.21. The van der Waals surface area contributed by atoms with Crippen LogP contribution in [0.2, 0.25) is 0 Å². The highest BCUT2D eigenvalue weighted by atomic mass is 16.5. The van der Waals surface area contributed by atoms with E-state index in [0.29, 0.717) is 11.3 Å². The SMILES string of the molecule is COc1ccc(-c2cnc(NC(=O)Cc3ccc4ccccc4c3)c(C(O)c3ccccc3)n2)cc1. The number of aliphatic hydroxyl groups is 1. The molecule has 0 fully saturated rings. The maximum Gasteiger partial charge on any atom is 0.229 e. The molecular weight excluding hydrogens is 450 g/mol. The van der Waals surface area contributed by atoms with E-state index in [1.54, 1.807) is 13.3 Å². The van der Waals surface area contributed by atoms with E-state index < -0.39 is 6.10 Å². The van der Waals surface area contributed by atoms with E-state index in [1.165, 1.54) is 0 Å². The van der Waals surface area contributed by atoms with Gasteiger partial charge in [0.05, 0.1) is 25.4 Å². The molecule has 5 aromatic rings. The summed E-state index contributed by atoms with van der Waals surface area (Å²) in [5.41, 5.74) is 3.22. The van der Waals surface area contributed by atoms with Crippen LogP contribution >= 0.6 is 0 Å². The number of fused-ring (bicyclic) bond motifs is 1. The quantitative estimate of drug-likeness (QED) is 0.322. The van der Waals surface area contributed by atoms with E-state index in [2.05, 4.69) is 10.3 Å². The maximum absolute atomic E-state index is 13.0. The van der Waals surface area contributed by atoms with Gasteiger partial charge in [-0.2, -0.15) is 0 Å². The van der Waals surface area contributed by atoms with Crippen molar-refractivity contribution in [3.63, 3.8) is 0 Å². The zero-order valence-corrected chi connectivity index (χ0v) is 19.8. The number of methoxy groups -OCH3 is 1. The average Bonchev–Trinajstić information content (AvgIpc) is 2.93. The van der Waals surface area contributed by atoms with Crippen molar-refractivity contribution in [1.29, 1.82) is 0 Å². The smallest absolute Gasteiger partial charge is 0.229 e. The number of carbonyl (C=O) groups is 1. The summed E-state index contributed by atoms with van der Waals surface area (Å²) in [6.07, 6.45) is 0.704. The molecular formula is C30H25N3O3. The topological polar surface area (TPSA) is 84.3 Å². The third kappa shape index (κ3) is 5.09. The molecule has 2 N–H and O–H groups in total. The van der Waals surface area contributed by atoms with Gasteiger partial charge in [0.15, 0.2) is 5.82 Å². The second-order valence-corrected chi connectivity index (χ2v) is 8.44. The van der Waals surface area contributed by atoms with Crippen molar-refractivity contribution in [1.82, 2.24) is 9.97 Å². The molecule has 1 atom stereocenters. The van der Waals surface area contributed by atoms with Gasteiger partial charge in [0.2, 0.25) is 5.91 Å². The normalized spacial score (nSPS) is 11.7. The molecule has 6 nitrogen and oxygen atoms in total. The number of nitrogens with one attached hydrogen (secondary N) is 1. The molecule has 0 radical (unpaired) electrons. The highest BCUT2D eigenvalue weighted by molar-refractivity contribution is 5.93. The third-order valence-corrected chi connectivity index (χ3v) is 6.00. The summed E-state index contributed by atoms with van der Waals surface area (Å²) >= 11 is 0. The van der Waals surface area contributed by atoms with Crippen LogP contribution < -0.4 is 10.1 Å². The van der Waals surface area contributed by atoms with Crippen LogP contribution in [0, 0.1) is 0 Å². The number of nitrogens with zero attached hydrogens (tertiary/aromatic N) is 2. The van der Waals surface area contributed by atoms with Gasteiger partial charge in [-0.3, -0.25) is 4.79 Å². The van der Waals surface area contributed by atoms with Crippen molar-refractivity contribution in [2.24, 2.45) is 0 Å². The lowest BCUT2D eigenvalue weighted by atomic mass is 10.0. The van der Waals surface area contributed by atoms with Crippen molar-refractivity contribution >= 4 is 22.5 Å². The predicted molar refractivity (Wildman–Crippen MR) is 141 cm³/mol. The molecule has 4 aromatic carbocycles. The van der Waals surface area contributed by atoms with Crippen molar-refractivity contribution in [2.45, 2.75) is 12.5 Å². The Kier molecular flexibility index (Phi) is 6.69. The monoisotopic (exact) mass is 475 g/mol. The molecule has 1 aromatic heterocycles. The molecule has 36 heavy (non-hydrogen) atoms. The lowest BCUT2D eigenvalue weighted by Crippen LogP contribution is -2.19. The van der Waals surface area contributed by atoms with Crippen LogP contribution in [-0.2, 0) is 11.2 Å². The minimum Gasteiger partial charge on any atom is -0.497 e. The number of hydrogen-bond donors (Lipinski definition) is 2. The molecule has 1 amide bonds. The van der Waals surface area contributed by atoms with Gasteiger partial charge < -0.3 is 15.2 Å².